The smallest absolute Gasteiger partial charge is 0.278 e. The number of para-hydroxylation sites is 2. The largest absolute Gasteiger partial charge is 0.321 e. The van der Waals surface area contributed by atoms with E-state index in [1.54, 1.807) is 18.2 Å². The molecule has 4 rings (SSSR count). The molecule has 0 saturated heterocycles. The Morgan fingerprint density at radius 3 is 2.83 bits per heavy atom. The van der Waals surface area contributed by atoms with Crippen molar-refractivity contribution in [3.05, 3.63) is 70.1 Å². The molecule has 0 fully saturated rings. The van der Waals surface area contributed by atoms with Crippen molar-refractivity contribution in [2.24, 2.45) is 0 Å². The average Bonchev–Trinajstić information content (AvgIpc) is 3.01. The molecule has 7 nitrogen and oxygen atoms in total. The van der Waals surface area contributed by atoms with Crippen molar-refractivity contribution >= 4 is 28.1 Å². The summed E-state index contributed by atoms with van der Waals surface area (Å²) >= 11 is 0. The van der Waals surface area contributed by atoms with Crippen LogP contribution in [0.2, 0.25) is 0 Å². The lowest BCUT2D eigenvalue weighted by molar-refractivity contribution is 0.102. The number of nitrogens with one attached hydrogen (secondary N) is 2. The Kier molecular flexibility index (Phi) is 3.13. The van der Waals surface area contributed by atoms with Gasteiger partial charge in [0.25, 0.3) is 11.5 Å². The number of H-pyrrole nitrogens is 1. The molecule has 24 heavy (non-hydrogen) atoms. The number of hydrogen-bond donors (Lipinski definition) is 2. The number of benzene rings is 2. The number of aromatic amines is 1. The maximum atomic E-state index is 12.5. The topological polar surface area (TPSA) is 92.2 Å². The fraction of sp³-hybridized carbons (Fsp3) is 0.0588. The second-order valence-electron chi connectivity index (χ2n) is 5.49. The minimum atomic E-state index is -0.476. The maximum Gasteiger partial charge on any atom is 0.278 e. The summed E-state index contributed by atoms with van der Waals surface area (Å²) in [5.74, 6) is -0.476. The van der Waals surface area contributed by atoms with Crippen LogP contribution in [-0.4, -0.2) is 25.7 Å². The lowest BCUT2D eigenvalue weighted by Crippen LogP contribution is -2.18. The molecule has 4 aromatic rings. The number of hydrogen-bond acceptors (Lipinski definition) is 4. The summed E-state index contributed by atoms with van der Waals surface area (Å²) in [6.45, 7) is 1.93. The molecule has 0 saturated carbocycles. The van der Waals surface area contributed by atoms with Crippen LogP contribution in [0.3, 0.4) is 0 Å². The highest BCUT2D eigenvalue weighted by molar-refractivity contribution is 6.07. The van der Waals surface area contributed by atoms with Gasteiger partial charge in [-0.25, -0.2) is 4.52 Å². The van der Waals surface area contributed by atoms with Crippen molar-refractivity contribution in [3.63, 3.8) is 0 Å². The summed E-state index contributed by atoms with van der Waals surface area (Å²) in [7, 11) is 0. The summed E-state index contributed by atoms with van der Waals surface area (Å²) in [4.78, 5) is 27.6. The van der Waals surface area contributed by atoms with E-state index in [9.17, 15) is 9.59 Å². The molecule has 0 bridgehead atoms. The zero-order chi connectivity index (χ0) is 16.7. The average molecular weight is 319 g/mol. The third kappa shape index (κ3) is 2.23. The number of amides is 1. The van der Waals surface area contributed by atoms with Gasteiger partial charge in [0, 0.05) is 5.69 Å². The molecule has 2 aromatic carbocycles. The van der Waals surface area contributed by atoms with Crippen molar-refractivity contribution in [1.29, 1.82) is 0 Å². The first-order valence-electron chi connectivity index (χ1n) is 7.38. The van der Waals surface area contributed by atoms with Gasteiger partial charge in [-0.05, 0) is 36.8 Å². The van der Waals surface area contributed by atoms with E-state index < -0.39 is 11.5 Å². The molecule has 2 N–H and O–H groups in total. The van der Waals surface area contributed by atoms with Gasteiger partial charge < -0.3 is 10.3 Å². The van der Waals surface area contributed by atoms with Crippen molar-refractivity contribution < 1.29 is 4.79 Å². The van der Waals surface area contributed by atoms with Crippen LogP contribution in [0.1, 0.15) is 16.1 Å². The van der Waals surface area contributed by atoms with Crippen LogP contribution in [0, 0.1) is 6.92 Å². The molecule has 0 spiro atoms. The first-order chi connectivity index (χ1) is 11.6. The van der Waals surface area contributed by atoms with Gasteiger partial charge in [0.15, 0.2) is 11.2 Å². The van der Waals surface area contributed by atoms with Crippen molar-refractivity contribution in [2.45, 2.75) is 6.92 Å². The number of aromatic nitrogens is 4. The standard InChI is InChI=1S/C17H13N5O2/c1-10-5-4-6-11(9-10)18-16(23)14-15-17(24)19-12-7-2-3-8-13(12)22(15)21-20-14/h2-9H,1H3,(H,18,23)(H,19,24). The fourth-order valence-electron chi connectivity index (χ4n) is 2.67. The van der Waals surface area contributed by atoms with Gasteiger partial charge in [0.1, 0.15) is 0 Å². The van der Waals surface area contributed by atoms with Crippen LogP contribution in [-0.2, 0) is 0 Å². The molecule has 0 aliphatic rings. The van der Waals surface area contributed by atoms with Crippen molar-refractivity contribution in [2.75, 3.05) is 5.32 Å². The van der Waals surface area contributed by atoms with Gasteiger partial charge >= 0.3 is 0 Å². The fourth-order valence-corrected chi connectivity index (χ4v) is 2.67. The Labute approximate surface area is 135 Å². The van der Waals surface area contributed by atoms with E-state index in [1.165, 1.54) is 4.52 Å². The Morgan fingerprint density at radius 1 is 1.17 bits per heavy atom. The Morgan fingerprint density at radius 2 is 2.00 bits per heavy atom. The molecule has 1 amide bonds. The molecule has 0 aliphatic heterocycles. The normalized spacial score (nSPS) is 11.0. The second kappa shape index (κ2) is 5.31. The number of aryl methyl sites for hydroxylation is 1. The Bertz CT molecular complexity index is 1140. The molecule has 2 aromatic heterocycles. The summed E-state index contributed by atoms with van der Waals surface area (Å²) in [5.41, 5.74) is 2.66. The number of nitrogens with zero attached hydrogens (tertiary/aromatic N) is 3. The minimum absolute atomic E-state index is 0.0106. The van der Waals surface area contributed by atoms with E-state index in [2.05, 4.69) is 20.6 Å². The van der Waals surface area contributed by atoms with Crippen molar-refractivity contribution in [3.8, 4) is 0 Å². The number of anilines is 1. The van der Waals surface area contributed by atoms with Crippen molar-refractivity contribution in [1.82, 2.24) is 19.8 Å². The van der Waals surface area contributed by atoms with Gasteiger partial charge in [-0.2, -0.15) is 0 Å². The lowest BCUT2D eigenvalue weighted by Gasteiger charge is -2.04. The summed E-state index contributed by atoms with van der Waals surface area (Å²) in [6, 6.07) is 14.6. The van der Waals surface area contributed by atoms with Gasteiger partial charge in [-0.15, -0.1) is 5.10 Å². The lowest BCUT2D eigenvalue weighted by atomic mass is 10.2. The van der Waals surface area contributed by atoms with Crippen LogP contribution in [0.15, 0.2) is 53.3 Å². The molecule has 118 valence electrons. The van der Waals surface area contributed by atoms with Gasteiger partial charge in [0.2, 0.25) is 0 Å². The third-order valence-corrected chi connectivity index (χ3v) is 3.76. The monoisotopic (exact) mass is 319 g/mol. The highest BCUT2D eigenvalue weighted by atomic mass is 16.2. The van der Waals surface area contributed by atoms with E-state index in [1.807, 2.05) is 37.3 Å². The molecular weight excluding hydrogens is 306 g/mol. The molecule has 0 radical (unpaired) electrons. The highest BCUT2D eigenvalue weighted by Gasteiger charge is 2.19. The third-order valence-electron chi connectivity index (χ3n) is 3.76. The van der Waals surface area contributed by atoms with Gasteiger partial charge in [-0.3, -0.25) is 9.59 Å². The molecule has 7 heteroatoms. The molecule has 0 unspecified atom stereocenters. The minimum Gasteiger partial charge on any atom is -0.321 e. The zero-order valence-electron chi connectivity index (χ0n) is 12.8. The zero-order valence-corrected chi connectivity index (χ0v) is 12.8. The Balaban J connectivity index is 1.84. The summed E-state index contributed by atoms with van der Waals surface area (Å²) in [6.07, 6.45) is 0. The molecule has 0 atom stereocenters. The summed E-state index contributed by atoms with van der Waals surface area (Å²) in [5, 5.41) is 10.6. The van der Waals surface area contributed by atoms with E-state index in [0.717, 1.165) is 5.56 Å². The van der Waals surface area contributed by atoms with E-state index >= 15 is 0 Å². The maximum absolute atomic E-state index is 12.5. The van der Waals surface area contributed by atoms with Gasteiger partial charge in [0.05, 0.1) is 11.0 Å². The van der Waals surface area contributed by atoms with Crippen LogP contribution in [0.5, 0.6) is 0 Å². The number of rotatable bonds is 2. The number of fused-ring (bicyclic) bond motifs is 3. The predicted octanol–water partition coefficient (Wildman–Crippen LogP) is 2.13. The molecular formula is C17H13N5O2. The van der Waals surface area contributed by atoms with Crippen LogP contribution in [0.4, 0.5) is 5.69 Å². The Hall–Kier alpha value is -3.48. The van der Waals surface area contributed by atoms with Gasteiger partial charge in [-0.1, -0.05) is 29.5 Å². The predicted molar refractivity (Wildman–Crippen MR) is 90.2 cm³/mol. The molecule has 2 heterocycles. The van der Waals surface area contributed by atoms with E-state index in [0.29, 0.717) is 16.7 Å². The highest BCUT2D eigenvalue weighted by Crippen LogP contribution is 2.15. The van der Waals surface area contributed by atoms with Crippen LogP contribution < -0.4 is 10.9 Å². The molecule has 0 aliphatic carbocycles. The van der Waals surface area contributed by atoms with Crippen LogP contribution in [0.25, 0.3) is 16.6 Å². The van der Waals surface area contributed by atoms with E-state index in [-0.39, 0.29) is 11.2 Å². The number of carbonyl (C=O) groups is 1. The first kappa shape index (κ1) is 14.1. The van der Waals surface area contributed by atoms with E-state index in [4.69, 9.17) is 0 Å². The number of carbonyl (C=O) groups excluding carboxylic acids is 1. The summed E-state index contributed by atoms with van der Waals surface area (Å²) < 4.78 is 1.39. The quantitative estimate of drug-likeness (QED) is 0.592. The second-order valence-corrected chi connectivity index (χ2v) is 5.49. The first-order valence-corrected chi connectivity index (χ1v) is 7.38. The SMILES string of the molecule is Cc1cccc(NC(=O)c2nnn3c2c(=O)[nH]c2ccccc23)c1. The van der Waals surface area contributed by atoms with Crippen LogP contribution >= 0.6 is 0 Å².